The van der Waals surface area contributed by atoms with Crippen molar-refractivity contribution < 1.29 is 17.9 Å². The lowest BCUT2D eigenvalue weighted by Gasteiger charge is -2.47. The molecule has 36 heavy (non-hydrogen) atoms. The first-order chi connectivity index (χ1) is 17.0. The molecule has 7 nitrogen and oxygen atoms in total. The zero-order valence-electron chi connectivity index (χ0n) is 20.8. The highest BCUT2D eigenvalue weighted by molar-refractivity contribution is 5.89. The fraction of sp³-hybridized carbons (Fsp3) is 0.423. The van der Waals surface area contributed by atoms with Gasteiger partial charge in [-0.3, -0.25) is 9.69 Å². The molecule has 4 rings (SSSR count). The molecule has 0 spiro atoms. The van der Waals surface area contributed by atoms with Crippen LogP contribution in [0.25, 0.3) is 11.0 Å². The Morgan fingerprint density at radius 3 is 2.50 bits per heavy atom. The molecule has 0 aliphatic carbocycles. The average molecular weight is 500 g/mol. The van der Waals surface area contributed by atoms with Gasteiger partial charge >= 0.3 is 6.18 Å². The summed E-state index contributed by atoms with van der Waals surface area (Å²) in [7, 11) is 2.89. The topological polar surface area (TPSA) is 74.4 Å². The minimum absolute atomic E-state index is 0.0362. The Kier molecular flexibility index (Phi) is 6.71. The SMILES string of the molecule is COc1ccc(C(C)N2C[C@H](C)N(c3cc(=O)n(C)c4ccc(C#N)nc34)C[C@H]2C)cc1C(F)(F)F. The molecule has 1 aromatic carbocycles. The van der Waals surface area contributed by atoms with Crippen molar-refractivity contribution in [3.05, 3.63) is 63.6 Å². The monoisotopic (exact) mass is 499 g/mol. The number of methoxy groups -OCH3 is 1. The number of pyridine rings is 2. The molecule has 1 aliphatic rings. The summed E-state index contributed by atoms with van der Waals surface area (Å²) in [5.41, 5.74) is 1.69. The molecule has 3 heterocycles. The van der Waals surface area contributed by atoms with Crippen molar-refractivity contribution in [2.45, 2.75) is 45.1 Å². The van der Waals surface area contributed by atoms with E-state index in [9.17, 15) is 23.2 Å². The van der Waals surface area contributed by atoms with Gasteiger partial charge in [-0.15, -0.1) is 0 Å². The number of nitrogens with zero attached hydrogens (tertiary/aromatic N) is 5. The number of piperazine rings is 1. The van der Waals surface area contributed by atoms with Crippen molar-refractivity contribution in [1.82, 2.24) is 14.5 Å². The maximum atomic E-state index is 13.6. The van der Waals surface area contributed by atoms with Crippen LogP contribution in [0.4, 0.5) is 18.9 Å². The molecule has 0 bridgehead atoms. The van der Waals surface area contributed by atoms with Crippen LogP contribution in [0.15, 0.2) is 41.2 Å². The first-order valence-electron chi connectivity index (χ1n) is 11.6. The molecule has 2 aromatic heterocycles. The maximum Gasteiger partial charge on any atom is 0.419 e. The Labute approximate surface area is 207 Å². The Morgan fingerprint density at radius 1 is 1.14 bits per heavy atom. The second kappa shape index (κ2) is 9.47. The number of benzene rings is 1. The van der Waals surface area contributed by atoms with Crippen molar-refractivity contribution >= 4 is 16.7 Å². The van der Waals surface area contributed by atoms with E-state index in [1.807, 2.05) is 20.8 Å². The molecule has 1 saturated heterocycles. The number of nitriles is 1. The lowest BCUT2D eigenvalue weighted by Crippen LogP contribution is -2.57. The summed E-state index contributed by atoms with van der Waals surface area (Å²) in [6.45, 7) is 7.02. The third kappa shape index (κ3) is 4.51. The van der Waals surface area contributed by atoms with E-state index in [2.05, 4.69) is 20.9 Å². The van der Waals surface area contributed by atoms with Gasteiger partial charge in [-0.1, -0.05) is 6.07 Å². The van der Waals surface area contributed by atoms with Gasteiger partial charge in [0.25, 0.3) is 5.56 Å². The Balaban J connectivity index is 1.67. The van der Waals surface area contributed by atoms with E-state index in [4.69, 9.17) is 4.74 Å². The number of rotatable bonds is 4. The summed E-state index contributed by atoms with van der Waals surface area (Å²) in [5.74, 6) is -0.202. The van der Waals surface area contributed by atoms with Crippen molar-refractivity contribution in [3.63, 3.8) is 0 Å². The van der Waals surface area contributed by atoms with Crippen LogP contribution in [-0.4, -0.2) is 46.7 Å². The number of aromatic nitrogens is 2. The lowest BCUT2D eigenvalue weighted by atomic mass is 9.98. The molecule has 3 atom stereocenters. The van der Waals surface area contributed by atoms with Crippen molar-refractivity contribution in [1.29, 1.82) is 5.26 Å². The van der Waals surface area contributed by atoms with E-state index in [1.54, 1.807) is 25.2 Å². The van der Waals surface area contributed by atoms with Crippen molar-refractivity contribution in [2.24, 2.45) is 7.05 Å². The number of fused-ring (bicyclic) bond motifs is 1. The van der Waals surface area contributed by atoms with Gasteiger partial charge < -0.3 is 14.2 Å². The largest absolute Gasteiger partial charge is 0.496 e. The minimum Gasteiger partial charge on any atom is -0.496 e. The molecule has 190 valence electrons. The fourth-order valence-corrected chi connectivity index (χ4v) is 5.02. The molecule has 0 saturated carbocycles. The fourth-order valence-electron chi connectivity index (χ4n) is 5.02. The molecule has 0 amide bonds. The van der Waals surface area contributed by atoms with Crippen LogP contribution in [0.2, 0.25) is 0 Å². The van der Waals surface area contributed by atoms with Gasteiger partial charge in [-0.25, -0.2) is 4.98 Å². The zero-order chi connectivity index (χ0) is 26.4. The lowest BCUT2D eigenvalue weighted by molar-refractivity contribution is -0.138. The number of hydrogen-bond donors (Lipinski definition) is 0. The first kappa shape index (κ1) is 25.5. The highest BCUT2D eigenvalue weighted by Crippen LogP contribution is 2.39. The van der Waals surface area contributed by atoms with Gasteiger partial charge in [0.2, 0.25) is 0 Å². The van der Waals surface area contributed by atoms with E-state index in [-0.39, 0.29) is 35.1 Å². The summed E-state index contributed by atoms with van der Waals surface area (Å²) < 4.78 is 47.2. The van der Waals surface area contributed by atoms with E-state index in [0.717, 1.165) is 6.07 Å². The summed E-state index contributed by atoms with van der Waals surface area (Å²) in [4.78, 5) is 21.4. The summed E-state index contributed by atoms with van der Waals surface area (Å²) >= 11 is 0. The third-order valence-corrected chi connectivity index (χ3v) is 7.04. The highest BCUT2D eigenvalue weighted by atomic mass is 19.4. The Hall–Kier alpha value is -3.58. The highest BCUT2D eigenvalue weighted by Gasteiger charge is 2.37. The number of alkyl halides is 3. The van der Waals surface area contributed by atoms with Gasteiger partial charge in [0.15, 0.2) is 0 Å². The standard InChI is InChI=1S/C26H28F3N5O2/c1-15-14-34(22-11-24(35)32(4)21-8-7-19(12-30)31-25(21)22)16(2)13-33(15)17(3)18-6-9-23(36-5)20(10-18)26(27,28)29/h6-11,15-17H,13-14H2,1-5H3/t15-,16+,17?/m1/s1. The van der Waals surface area contributed by atoms with Crippen LogP contribution in [0.1, 0.15) is 43.6 Å². The molecular formula is C26H28F3N5O2. The quantitative estimate of drug-likeness (QED) is 0.527. The number of anilines is 1. The van der Waals surface area contributed by atoms with Gasteiger partial charge in [0.05, 0.1) is 23.9 Å². The third-order valence-electron chi connectivity index (χ3n) is 7.04. The molecule has 0 N–H and O–H groups in total. The normalized spacial score (nSPS) is 19.8. The van der Waals surface area contributed by atoms with Crippen LogP contribution >= 0.6 is 0 Å². The van der Waals surface area contributed by atoms with E-state index in [1.165, 1.54) is 23.8 Å². The molecule has 1 unspecified atom stereocenters. The van der Waals surface area contributed by atoms with Crippen LogP contribution in [-0.2, 0) is 13.2 Å². The number of halogens is 3. The smallest absolute Gasteiger partial charge is 0.419 e. The molecular weight excluding hydrogens is 471 g/mol. The average Bonchev–Trinajstić information content (AvgIpc) is 2.85. The molecule has 1 fully saturated rings. The summed E-state index contributed by atoms with van der Waals surface area (Å²) in [6, 6.07) is 10.7. The Bertz CT molecular complexity index is 1400. The summed E-state index contributed by atoms with van der Waals surface area (Å²) in [5, 5.41) is 9.34. The van der Waals surface area contributed by atoms with E-state index >= 15 is 0 Å². The van der Waals surface area contributed by atoms with Gasteiger partial charge in [0.1, 0.15) is 23.0 Å². The second-order valence-electron chi connectivity index (χ2n) is 9.28. The molecule has 3 aromatic rings. The van der Waals surface area contributed by atoms with Crippen molar-refractivity contribution in [3.8, 4) is 11.8 Å². The van der Waals surface area contributed by atoms with Crippen LogP contribution in [0, 0.1) is 11.3 Å². The van der Waals surface area contributed by atoms with E-state index in [0.29, 0.717) is 35.4 Å². The number of hydrogen-bond acceptors (Lipinski definition) is 6. The summed E-state index contributed by atoms with van der Waals surface area (Å²) in [6.07, 6.45) is -4.52. The Morgan fingerprint density at radius 2 is 1.86 bits per heavy atom. The van der Waals surface area contributed by atoms with Gasteiger partial charge in [-0.2, -0.15) is 18.4 Å². The molecule has 1 aliphatic heterocycles. The number of aryl methyl sites for hydroxylation is 1. The molecule has 0 radical (unpaired) electrons. The van der Waals surface area contributed by atoms with Crippen LogP contribution < -0.4 is 15.2 Å². The first-order valence-corrected chi connectivity index (χ1v) is 11.6. The van der Waals surface area contributed by atoms with Gasteiger partial charge in [0, 0.05) is 44.3 Å². The minimum atomic E-state index is -4.52. The van der Waals surface area contributed by atoms with Crippen LogP contribution in [0.5, 0.6) is 5.75 Å². The van der Waals surface area contributed by atoms with Gasteiger partial charge in [-0.05, 0) is 50.6 Å². The van der Waals surface area contributed by atoms with Crippen LogP contribution in [0.3, 0.4) is 0 Å². The maximum absolute atomic E-state index is 13.6. The second-order valence-corrected chi connectivity index (χ2v) is 9.28. The number of ether oxygens (including phenoxy) is 1. The predicted molar refractivity (Wildman–Crippen MR) is 131 cm³/mol. The predicted octanol–water partition coefficient (Wildman–Crippen LogP) is 4.49. The molecule has 10 heteroatoms. The zero-order valence-corrected chi connectivity index (χ0v) is 20.8. The van der Waals surface area contributed by atoms with E-state index < -0.39 is 11.7 Å². The van der Waals surface area contributed by atoms with Crippen molar-refractivity contribution in [2.75, 3.05) is 25.1 Å².